The highest BCUT2D eigenvalue weighted by molar-refractivity contribution is 5.44. The molecule has 2 atom stereocenters. The molecule has 0 saturated carbocycles. The van der Waals surface area contributed by atoms with Crippen molar-refractivity contribution >= 4 is 5.82 Å². The summed E-state index contributed by atoms with van der Waals surface area (Å²) in [6, 6.07) is 5.30. The first kappa shape index (κ1) is 23.9. The van der Waals surface area contributed by atoms with Gasteiger partial charge in [-0.25, -0.2) is 0 Å². The quantitative estimate of drug-likeness (QED) is 0.523. The van der Waals surface area contributed by atoms with Crippen LogP contribution >= 0.6 is 0 Å². The van der Waals surface area contributed by atoms with Gasteiger partial charge in [0, 0.05) is 25.4 Å². The first-order chi connectivity index (χ1) is 15.0. The highest BCUT2D eigenvalue weighted by Crippen LogP contribution is 2.38. The lowest BCUT2D eigenvalue weighted by Gasteiger charge is -2.37. The maximum Gasteiger partial charge on any atom is 0.435 e. The topological polar surface area (TPSA) is 47.5 Å². The van der Waals surface area contributed by atoms with Gasteiger partial charge in [0.2, 0.25) is 0 Å². The summed E-state index contributed by atoms with van der Waals surface area (Å²) < 4.78 is 88.7. The van der Waals surface area contributed by atoms with Gasteiger partial charge >= 0.3 is 12.4 Å². The van der Waals surface area contributed by atoms with Crippen LogP contribution in [0.3, 0.4) is 0 Å². The molecule has 32 heavy (non-hydrogen) atoms. The van der Waals surface area contributed by atoms with Gasteiger partial charge in [0.05, 0.1) is 12.2 Å². The van der Waals surface area contributed by atoms with Gasteiger partial charge in [-0.05, 0) is 36.8 Å². The molecule has 0 spiro atoms. The molecule has 3 rings (SSSR count). The van der Waals surface area contributed by atoms with Gasteiger partial charge in [0.15, 0.2) is 23.0 Å². The molecule has 1 saturated heterocycles. The average molecular weight is 463 g/mol. The molecule has 5 nitrogen and oxygen atoms in total. The minimum atomic E-state index is -4.56. The van der Waals surface area contributed by atoms with Crippen LogP contribution in [0.15, 0.2) is 30.3 Å². The van der Waals surface area contributed by atoms with E-state index in [-0.39, 0.29) is 30.1 Å². The maximum absolute atomic E-state index is 13.1. The zero-order valence-electron chi connectivity index (χ0n) is 17.5. The Kier molecular flexibility index (Phi) is 7.04. The van der Waals surface area contributed by atoms with Gasteiger partial charge in [-0.1, -0.05) is 13.8 Å². The van der Waals surface area contributed by atoms with Crippen molar-refractivity contribution in [3.05, 3.63) is 41.6 Å². The lowest BCUT2D eigenvalue weighted by atomic mass is 9.96. The highest BCUT2D eigenvalue weighted by atomic mass is 19.4. The number of alkyl halides is 6. The van der Waals surface area contributed by atoms with Gasteiger partial charge in [-0.15, -0.1) is 10.2 Å². The number of hydrogen-bond donors (Lipinski definition) is 0. The van der Waals surface area contributed by atoms with Crippen molar-refractivity contribution in [2.24, 2.45) is 5.92 Å². The summed E-state index contributed by atoms with van der Waals surface area (Å²) in [5.74, 6) is 0.509. The van der Waals surface area contributed by atoms with E-state index in [4.69, 9.17) is 9.47 Å². The number of benzene rings is 1. The molecule has 0 amide bonds. The number of ether oxygens (including phenoxy) is 2. The Morgan fingerprint density at radius 2 is 1.75 bits per heavy atom. The number of rotatable bonds is 6. The van der Waals surface area contributed by atoms with E-state index in [1.54, 1.807) is 4.90 Å². The third kappa shape index (κ3) is 5.74. The Hall–Kier alpha value is -2.72. The van der Waals surface area contributed by atoms with Gasteiger partial charge < -0.3 is 14.4 Å². The first-order valence-corrected chi connectivity index (χ1v) is 10.2. The molecule has 1 fully saturated rings. The fourth-order valence-electron chi connectivity index (χ4n) is 3.42. The maximum atomic E-state index is 13.1. The van der Waals surface area contributed by atoms with Gasteiger partial charge in [-0.2, -0.15) is 26.3 Å². The van der Waals surface area contributed by atoms with Crippen LogP contribution in [0.5, 0.6) is 11.5 Å². The summed E-state index contributed by atoms with van der Waals surface area (Å²) in [4.78, 5) is 1.80. The van der Waals surface area contributed by atoms with E-state index in [0.717, 1.165) is 18.2 Å². The minimum Gasteiger partial charge on any atom is -0.490 e. The van der Waals surface area contributed by atoms with Crippen LogP contribution < -0.4 is 14.4 Å². The summed E-state index contributed by atoms with van der Waals surface area (Å²) >= 11 is 0. The Balaban J connectivity index is 1.69. The van der Waals surface area contributed by atoms with Crippen molar-refractivity contribution in [1.29, 1.82) is 0 Å². The first-order valence-electron chi connectivity index (χ1n) is 10.2. The highest BCUT2D eigenvalue weighted by Gasteiger charge is 2.35. The lowest BCUT2D eigenvalue weighted by Crippen LogP contribution is -2.45. The molecule has 1 aliphatic rings. The molecule has 0 bridgehead atoms. The Labute approximate surface area is 181 Å². The zero-order chi connectivity index (χ0) is 23.5. The number of piperidine rings is 1. The normalized spacial score (nSPS) is 19.7. The standard InChI is InChI=1S/C21H23F6N3O2/c1-3-10-31-17-11-14(20(22,23)24)4-5-16(17)32-15-8-9-30(12-13(15)2)19-7-6-18(28-29-19)21(25,26)27/h4-7,11,13,15H,3,8-10,12H2,1-2H3/t13-,15+/m1/s1. The van der Waals surface area contributed by atoms with Crippen molar-refractivity contribution in [3.63, 3.8) is 0 Å². The third-order valence-corrected chi connectivity index (χ3v) is 5.10. The van der Waals surface area contributed by atoms with E-state index in [2.05, 4.69) is 10.2 Å². The summed E-state index contributed by atoms with van der Waals surface area (Å²) in [6.45, 7) is 4.87. The number of anilines is 1. The fourth-order valence-corrected chi connectivity index (χ4v) is 3.42. The van der Waals surface area contributed by atoms with Crippen molar-refractivity contribution < 1.29 is 35.8 Å². The molecule has 2 aromatic rings. The number of aromatic nitrogens is 2. The van der Waals surface area contributed by atoms with Crippen LogP contribution in [0.2, 0.25) is 0 Å². The second-order valence-corrected chi connectivity index (χ2v) is 7.65. The molecule has 0 radical (unpaired) electrons. The van der Waals surface area contributed by atoms with Crippen LogP contribution in [0, 0.1) is 5.92 Å². The third-order valence-electron chi connectivity index (χ3n) is 5.10. The Morgan fingerprint density at radius 3 is 2.31 bits per heavy atom. The lowest BCUT2D eigenvalue weighted by molar-refractivity contribution is -0.141. The number of nitrogens with zero attached hydrogens (tertiary/aromatic N) is 3. The largest absolute Gasteiger partial charge is 0.490 e. The fraction of sp³-hybridized carbons (Fsp3) is 0.524. The van der Waals surface area contributed by atoms with E-state index < -0.39 is 23.6 Å². The van der Waals surface area contributed by atoms with Crippen LogP contribution in [-0.2, 0) is 12.4 Å². The van der Waals surface area contributed by atoms with Crippen molar-refractivity contribution in [3.8, 4) is 11.5 Å². The minimum absolute atomic E-state index is 0.0323. The van der Waals surface area contributed by atoms with E-state index >= 15 is 0 Å². The Bertz CT molecular complexity index is 902. The predicted molar refractivity (Wildman–Crippen MR) is 105 cm³/mol. The number of halogens is 6. The second kappa shape index (κ2) is 9.41. The molecule has 0 N–H and O–H groups in total. The number of hydrogen-bond acceptors (Lipinski definition) is 5. The average Bonchev–Trinajstić information content (AvgIpc) is 2.73. The summed E-state index contributed by atoms with van der Waals surface area (Å²) in [5, 5.41) is 6.93. The SMILES string of the molecule is CCCOc1cc(C(F)(F)F)ccc1O[C@H]1CCN(c2ccc(C(F)(F)F)nn2)C[C@H]1C. The van der Waals surface area contributed by atoms with Crippen LogP contribution in [0.25, 0.3) is 0 Å². The summed E-state index contributed by atoms with van der Waals surface area (Å²) in [7, 11) is 0. The molecule has 0 aliphatic carbocycles. The van der Waals surface area contributed by atoms with Crippen molar-refractivity contribution in [1.82, 2.24) is 10.2 Å². The van der Waals surface area contributed by atoms with E-state index in [0.29, 0.717) is 31.7 Å². The zero-order valence-corrected chi connectivity index (χ0v) is 17.5. The molecular formula is C21H23F6N3O2. The van der Waals surface area contributed by atoms with E-state index in [1.807, 2.05) is 13.8 Å². The van der Waals surface area contributed by atoms with Crippen LogP contribution in [0.4, 0.5) is 32.2 Å². The van der Waals surface area contributed by atoms with Crippen molar-refractivity contribution in [2.75, 3.05) is 24.6 Å². The van der Waals surface area contributed by atoms with Crippen LogP contribution in [-0.4, -0.2) is 36.0 Å². The van der Waals surface area contributed by atoms with E-state index in [9.17, 15) is 26.3 Å². The van der Waals surface area contributed by atoms with Crippen LogP contribution in [0.1, 0.15) is 37.9 Å². The smallest absolute Gasteiger partial charge is 0.435 e. The summed E-state index contributed by atoms with van der Waals surface area (Å²) in [6.07, 6.45) is -8.24. The predicted octanol–water partition coefficient (Wildman–Crippen LogP) is 5.60. The second-order valence-electron chi connectivity index (χ2n) is 7.65. The van der Waals surface area contributed by atoms with E-state index in [1.165, 1.54) is 12.1 Å². The molecule has 1 aliphatic heterocycles. The molecule has 0 unspecified atom stereocenters. The molecule has 2 heterocycles. The molecule has 176 valence electrons. The summed E-state index contributed by atoms with van der Waals surface area (Å²) in [5.41, 5.74) is -1.88. The molecule has 11 heteroatoms. The van der Waals surface area contributed by atoms with Gasteiger partial charge in [-0.3, -0.25) is 0 Å². The Morgan fingerprint density at radius 1 is 1.00 bits per heavy atom. The molecule has 1 aromatic heterocycles. The van der Waals surface area contributed by atoms with Gasteiger partial charge in [0.1, 0.15) is 6.10 Å². The monoisotopic (exact) mass is 463 g/mol. The van der Waals surface area contributed by atoms with Gasteiger partial charge in [0.25, 0.3) is 0 Å². The molecule has 1 aromatic carbocycles. The molecular weight excluding hydrogens is 440 g/mol. The van der Waals surface area contributed by atoms with Crippen molar-refractivity contribution in [2.45, 2.75) is 45.1 Å².